The Balaban J connectivity index is 1.58. The molecule has 0 radical (unpaired) electrons. The summed E-state index contributed by atoms with van der Waals surface area (Å²) in [5, 5.41) is 9.43. The Morgan fingerprint density at radius 2 is 1.93 bits per heavy atom. The van der Waals surface area contributed by atoms with E-state index in [0.717, 1.165) is 31.9 Å². The monoisotopic (exact) mass is 396 g/mol. The van der Waals surface area contributed by atoms with Crippen LogP contribution >= 0.6 is 0 Å². The fourth-order valence-corrected chi connectivity index (χ4v) is 5.92. The SMILES string of the molecule is CCN(C(=O)[C@H](C)[NH+]1CCN(c2ccc(O)cc2)CC1)[C@@H]1CCS(=O)(=O)C1. The van der Waals surface area contributed by atoms with Gasteiger partial charge in [-0.3, -0.25) is 4.79 Å². The van der Waals surface area contributed by atoms with Crippen LogP contribution in [0.15, 0.2) is 24.3 Å². The maximum Gasteiger partial charge on any atom is 0.280 e. The molecule has 1 aromatic carbocycles. The van der Waals surface area contributed by atoms with Crippen molar-refractivity contribution in [2.24, 2.45) is 0 Å². The number of phenols is 1. The molecule has 27 heavy (non-hydrogen) atoms. The third-order valence-electron chi connectivity index (χ3n) is 5.88. The van der Waals surface area contributed by atoms with Crippen LogP contribution in [0.2, 0.25) is 0 Å². The molecule has 0 bridgehead atoms. The molecule has 0 unspecified atom stereocenters. The van der Waals surface area contributed by atoms with Gasteiger partial charge in [-0.05, 0) is 44.5 Å². The molecule has 8 heteroatoms. The van der Waals surface area contributed by atoms with Gasteiger partial charge in [0.05, 0.1) is 37.7 Å². The molecule has 0 aliphatic carbocycles. The van der Waals surface area contributed by atoms with E-state index in [1.54, 1.807) is 17.0 Å². The van der Waals surface area contributed by atoms with Crippen molar-refractivity contribution in [3.8, 4) is 5.75 Å². The first-order valence-corrected chi connectivity index (χ1v) is 11.5. The molecule has 3 rings (SSSR count). The lowest BCUT2D eigenvalue weighted by molar-refractivity contribution is -0.915. The highest BCUT2D eigenvalue weighted by atomic mass is 32.2. The summed E-state index contributed by atoms with van der Waals surface area (Å²) in [4.78, 5) is 18.3. The number of sulfone groups is 1. The Labute approximate surface area is 161 Å². The largest absolute Gasteiger partial charge is 0.508 e. The average molecular weight is 397 g/mol. The summed E-state index contributed by atoms with van der Waals surface area (Å²) < 4.78 is 23.6. The third-order valence-corrected chi connectivity index (χ3v) is 7.63. The number of carbonyl (C=O) groups excluding carboxylic acids is 1. The molecule has 150 valence electrons. The van der Waals surface area contributed by atoms with Crippen LogP contribution in [0.4, 0.5) is 5.69 Å². The van der Waals surface area contributed by atoms with Gasteiger partial charge in [-0.2, -0.15) is 0 Å². The smallest absolute Gasteiger partial charge is 0.280 e. The first kappa shape index (κ1) is 19.9. The average Bonchev–Trinajstić information content (AvgIpc) is 3.02. The molecule has 1 amide bonds. The van der Waals surface area contributed by atoms with Crippen molar-refractivity contribution >= 4 is 21.4 Å². The third kappa shape index (κ3) is 4.55. The second kappa shape index (κ2) is 8.06. The molecule has 2 aliphatic rings. The lowest BCUT2D eigenvalue weighted by Crippen LogP contribution is -3.19. The molecule has 2 fully saturated rings. The Kier molecular flexibility index (Phi) is 5.95. The molecule has 1 aromatic rings. The van der Waals surface area contributed by atoms with Gasteiger partial charge < -0.3 is 19.8 Å². The number of quaternary nitrogens is 1. The minimum Gasteiger partial charge on any atom is -0.508 e. The summed E-state index contributed by atoms with van der Waals surface area (Å²) in [7, 11) is -3.00. The second-order valence-corrected chi connectivity index (χ2v) is 9.79. The lowest BCUT2D eigenvalue weighted by Gasteiger charge is -2.38. The number of piperazine rings is 1. The Hall–Kier alpha value is -1.80. The number of carbonyl (C=O) groups is 1. The van der Waals surface area contributed by atoms with Gasteiger partial charge in [0.1, 0.15) is 5.75 Å². The van der Waals surface area contributed by atoms with E-state index in [2.05, 4.69) is 4.90 Å². The minimum absolute atomic E-state index is 0.0627. The topological polar surface area (TPSA) is 82.4 Å². The van der Waals surface area contributed by atoms with E-state index in [0.29, 0.717) is 13.0 Å². The summed E-state index contributed by atoms with van der Waals surface area (Å²) in [6.45, 7) is 7.84. The lowest BCUT2D eigenvalue weighted by atomic mass is 10.1. The van der Waals surface area contributed by atoms with Crippen molar-refractivity contribution in [1.82, 2.24) is 4.90 Å². The van der Waals surface area contributed by atoms with Gasteiger partial charge in [-0.25, -0.2) is 8.42 Å². The van der Waals surface area contributed by atoms with Gasteiger partial charge in [0.15, 0.2) is 15.9 Å². The zero-order chi connectivity index (χ0) is 19.6. The maximum absolute atomic E-state index is 13.0. The second-order valence-electron chi connectivity index (χ2n) is 7.56. The van der Waals surface area contributed by atoms with Crippen molar-refractivity contribution < 1.29 is 23.2 Å². The van der Waals surface area contributed by atoms with Crippen molar-refractivity contribution in [2.45, 2.75) is 32.4 Å². The zero-order valence-electron chi connectivity index (χ0n) is 16.1. The number of likely N-dealkylation sites (N-methyl/N-ethyl adjacent to an activating group) is 1. The highest BCUT2D eigenvalue weighted by molar-refractivity contribution is 7.91. The van der Waals surface area contributed by atoms with Gasteiger partial charge in [0, 0.05) is 18.3 Å². The molecule has 0 spiro atoms. The van der Waals surface area contributed by atoms with E-state index in [4.69, 9.17) is 0 Å². The van der Waals surface area contributed by atoms with Crippen molar-refractivity contribution in [2.75, 3.05) is 49.1 Å². The van der Waals surface area contributed by atoms with Crippen LogP contribution in [0.25, 0.3) is 0 Å². The molecule has 2 N–H and O–H groups in total. The maximum atomic E-state index is 13.0. The van der Waals surface area contributed by atoms with E-state index < -0.39 is 9.84 Å². The van der Waals surface area contributed by atoms with Crippen LogP contribution in [0.5, 0.6) is 5.75 Å². The van der Waals surface area contributed by atoms with E-state index in [-0.39, 0.29) is 35.2 Å². The first-order chi connectivity index (χ1) is 12.8. The number of nitrogens with zero attached hydrogens (tertiary/aromatic N) is 2. The van der Waals surface area contributed by atoms with Crippen molar-refractivity contribution in [3.05, 3.63) is 24.3 Å². The van der Waals surface area contributed by atoms with E-state index in [1.807, 2.05) is 26.0 Å². The predicted octanol–water partition coefficient (Wildman–Crippen LogP) is -0.479. The fraction of sp³-hybridized carbons (Fsp3) is 0.632. The number of rotatable bonds is 5. The van der Waals surface area contributed by atoms with Crippen LogP contribution in [0.3, 0.4) is 0 Å². The fourth-order valence-electron chi connectivity index (χ4n) is 4.19. The zero-order valence-corrected chi connectivity index (χ0v) is 16.9. The van der Waals surface area contributed by atoms with Gasteiger partial charge in [-0.1, -0.05) is 0 Å². The van der Waals surface area contributed by atoms with Crippen molar-refractivity contribution in [1.29, 1.82) is 0 Å². The summed E-state index contributed by atoms with van der Waals surface area (Å²) in [5.74, 6) is 0.612. The van der Waals surface area contributed by atoms with E-state index >= 15 is 0 Å². The summed E-state index contributed by atoms with van der Waals surface area (Å²) >= 11 is 0. The predicted molar refractivity (Wildman–Crippen MR) is 105 cm³/mol. The molecular formula is C19H30N3O4S+. The quantitative estimate of drug-likeness (QED) is 0.703. The molecule has 0 saturated carbocycles. The number of anilines is 1. The van der Waals surface area contributed by atoms with Gasteiger partial charge >= 0.3 is 0 Å². The molecule has 2 heterocycles. The normalized spacial score (nSPS) is 23.9. The molecule has 2 aliphatic heterocycles. The van der Waals surface area contributed by atoms with Crippen molar-refractivity contribution in [3.63, 3.8) is 0 Å². The minimum atomic E-state index is -3.00. The summed E-state index contributed by atoms with van der Waals surface area (Å²) in [5.41, 5.74) is 1.08. The van der Waals surface area contributed by atoms with Crippen LogP contribution in [0.1, 0.15) is 20.3 Å². The highest BCUT2D eigenvalue weighted by Gasteiger charge is 2.38. The Morgan fingerprint density at radius 1 is 1.30 bits per heavy atom. The summed E-state index contributed by atoms with van der Waals surface area (Å²) in [6, 6.07) is 6.86. The van der Waals surface area contributed by atoms with Crippen LogP contribution in [-0.2, 0) is 14.6 Å². The molecule has 2 saturated heterocycles. The number of benzene rings is 1. The van der Waals surface area contributed by atoms with Crippen LogP contribution in [0, 0.1) is 0 Å². The highest BCUT2D eigenvalue weighted by Crippen LogP contribution is 2.19. The van der Waals surface area contributed by atoms with E-state index in [1.165, 1.54) is 4.90 Å². The van der Waals surface area contributed by atoms with Gasteiger partial charge in [-0.15, -0.1) is 0 Å². The summed E-state index contributed by atoms with van der Waals surface area (Å²) in [6.07, 6.45) is 0.554. The molecule has 2 atom stereocenters. The molecular weight excluding hydrogens is 366 g/mol. The Morgan fingerprint density at radius 3 is 2.44 bits per heavy atom. The molecule has 7 nitrogen and oxygen atoms in total. The van der Waals surface area contributed by atoms with Crippen LogP contribution in [-0.4, -0.2) is 80.6 Å². The van der Waals surface area contributed by atoms with Gasteiger partial charge in [0.2, 0.25) is 0 Å². The number of aromatic hydroxyl groups is 1. The number of phenolic OH excluding ortho intramolecular Hbond substituents is 1. The number of hydrogen-bond donors (Lipinski definition) is 2. The van der Waals surface area contributed by atoms with Crippen LogP contribution < -0.4 is 9.80 Å². The number of nitrogens with one attached hydrogen (secondary N) is 1. The standard InChI is InChI=1S/C19H29N3O4S/c1-3-22(17-8-13-27(25,26)14-17)19(24)15(2)20-9-11-21(12-10-20)16-4-6-18(23)7-5-16/h4-7,15,17,23H,3,8-14H2,1-2H3/p+1/t15-,17+/m0/s1. The molecule has 0 aromatic heterocycles. The number of amides is 1. The van der Waals surface area contributed by atoms with E-state index in [9.17, 15) is 18.3 Å². The van der Waals surface area contributed by atoms with Gasteiger partial charge in [0.25, 0.3) is 5.91 Å². The first-order valence-electron chi connectivity index (χ1n) is 9.70. The Bertz CT molecular complexity index is 758. The number of hydrogen-bond acceptors (Lipinski definition) is 5.